The topological polar surface area (TPSA) is 81.7 Å². The van der Waals surface area contributed by atoms with Crippen molar-refractivity contribution in [1.29, 1.82) is 0 Å². The fourth-order valence-corrected chi connectivity index (χ4v) is 3.03. The Balaban J connectivity index is 1.62. The summed E-state index contributed by atoms with van der Waals surface area (Å²) in [5.41, 5.74) is 3.01. The maximum Gasteiger partial charge on any atom is 0.314 e. The number of alkyl halides is 2. The van der Waals surface area contributed by atoms with Gasteiger partial charge in [0.25, 0.3) is 5.89 Å². The Labute approximate surface area is 169 Å². The van der Waals surface area contributed by atoms with Crippen LogP contribution in [-0.2, 0) is 13.1 Å². The zero-order valence-electron chi connectivity index (χ0n) is 15.9. The minimum Gasteiger partial charge on any atom is -0.415 e. The average Bonchev–Trinajstić information content (AvgIpc) is 3.39. The first kappa shape index (κ1) is 19.8. The zero-order valence-corrected chi connectivity index (χ0v) is 15.9. The summed E-state index contributed by atoms with van der Waals surface area (Å²) in [6.45, 7) is 0.643. The highest BCUT2D eigenvalue weighted by atomic mass is 19.3. The lowest BCUT2D eigenvalue weighted by molar-refractivity contribution is 0.116. The summed E-state index contributed by atoms with van der Waals surface area (Å²) in [7, 11) is 1.81. The molecule has 154 valence electrons. The van der Waals surface area contributed by atoms with Crippen molar-refractivity contribution >= 4 is 0 Å². The Morgan fingerprint density at radius 3 is 2.50 bits per heavy atom. The molecule has 30 heavy (non-hydrogen) atoms. The van der Waals surface area contributed by atoms with Crippen LogP contribution >= 0.6 is 0 Å². The standard InChI is InChI=1S/C20H17F3N6O/c1-24-10-16-17(12-5-3-2-4-6-12)25-28-29(16)11-14-8-7-13(9-15(14)21)19-26-27-20(30-19)18(22)23/h2-9,18,24H,10-11H2,1H3. The number of aromatic nitrogens is 5. The van der Waals surface area contributed by atoms with E-state index in [-0.39, 0.29) is 18.0 Å². The normalized spacial score (nSPS) is 11.4. The van der Waals surface area contributed by atoms with Crippen LogP contribution in [0.4, 0.5) is 13.2 Å². The molecule has 2 aromatic heterocycles. The monoisotopic (exact) mass is 414 g/mol. The Morgan fingerprint density at radius 1 is 1.03 bits per heavy atom. The van der Waals surface area contributed by atoms with Crippen LogP contribution in [0.15, 0.2) is 52.9 Å². The minimum atomic E-state index is -2.88. The van der Waals surface area contributed by atoms with Gasteiger partial charge in [-0.15, -0.1) is 15.3 Å². The summed E-state index contributed by atoms with van der Waals surface area (Å²) in [6, 6.07) is 13.8. The SMILES string of the molecule is CNCc1c(-c2ccccc2)nnn1Cc1ccc(-c2nnc(C(F)F)o2)cc1F. The molecule has 7 nitrogen and oxygen atoms in total. The molecule has 0 aliphatic heterocycles. The molecule has 1 N–H and O–H groups in total. The fraction of sp³-hybridized carbons (Fsp3) is 0.200. The molecule has 0 unspecified atom stereocenters. The summed E-state index contributed by atoms with van der Waals surface area (Å²) in [5, 5.41) is 18.3. The highest BCUT2D eigenvalue weighted by molar-refractivity contribution is 5.61. The van der Waals surface area contributed by atoms with E-state index in [2.05, 4.69) is 25.8 Å². The molecule has 0 saturated heterocycles. The predicted octanol–water partition coefficient (Wildman–Crippen LogP) is 3.84. The summed E-state index contributed by atoms with van der Waals surface area (Å²) in [4.78, 5) is 0. The third-order valence-electron chi connectivity index (χ3n) is 4.48. The molecular formula is C20H17F3N6O. The predicted molar refractivity (Wildman–Crippen MR) is 102 cm³/mol. The van der Waals surface area contributed by atoms with Gasteiger partial charge in [-0.2, -0.15) is 8.78 Å². The number of rotatable bonds is 7. The molecule has 10 heteroatoms. The van der Waals surface area contributed by atoms with Crippen LogP contribution in [0.2, 0.25) is 0 Å². The van der Waals surface area contributed by atoms with Crippen molar-refractivity contribution in [2.24, 2.45) is 0 Å². The molecule has 0 atom stereocenters. The van der Waals surface area contributed by atoms with Gasteiger partial charge in [-0.25, -0.2) is 9.07 Å². The Bertz CT molecular complexity index is 1140. The molecule has 4 rings (SSSR count). The van der Waals surface area contributed by atoms with Gasteiger partial charge in [0.1, 0.15) is 11.5 Å². The Hall–Kier alpha value is -3.53. The summed E-state index contributed by atoms with van der Waals surface area (Å²) >= 11 is 0. The van der Waals surface area contributed by atoms with Gasteiger partial charge in [0.05, 0.1) is 12.2 Å². The first-order valence-electron chi connectivity index (χ1n) is 9.09. The van der Waals surface area contributed by atoms with E-state index in [0.717, 1.165) is 11.3 Å². The van der Waals surface area contributed by atoms with Gasteiger partial charge in [-0.3, -0.25) is 0 Å². The second-order valence-electron chi connectivity index (χ2n) is 6.49. The first-order chi connectivity index (χ1) is 14.6. The average molecular weight is 414 g/mol. The number of nitrogens with zero attached hydrogens (tertiary/aromatic N) is 5. The lowest BCUT2D eigenvalue weighted by Crippen LogP contribution is -2.14. The van der Waals surface area contributed by atoms with Crippen LogP contribution in [0.5, 0.6) is 0 Å². The quantitative estimate of drug-likeness (QED) is 0.495. The molecular weight excluding hydrogens is 397 g/mol. The highest BCUT2D eigenvalue weighted by Crippen LogP contribution is 2.26. The maximum atomic E-state index is 14.7. The first-order valence-corrected chi connectivity index (χ1v) is 9.09. The lowest BCUT2D eigenvalue weighted by atomic mass is 10.1. The van der Waals surface area contributed by atoms with Crippen molar-refractivity contribution in [3.63, 3.8) is 0 Å². The van der Waals surface area contributed by atoms with E-state index in [9.17, 15) is 13.2 Å². The van der Waals surface area contributed by atoms with Crippen LogP contribution in [0.1, 0.15) is 23.6 Å². The Kier molecular flexibility index (Phi) is 5.57. The van der Waals surface area contributed by atoms with Crippen LogP contribution in [0, 0.1) is 5.82 Å². The Morgan fingerprint density at radius 2 is 1.83 bits per heavy atom. The van der Waals surface area contributed by atoms with Crippen molar-refractivity contribution in [1.82, 2.24) is 30.5 Å². The van der Waals surface area contributed by atoms with Crippen LogP contribution in [0.25, 0.3) is 22.7 Å². The third kappa shape index (κ3) is 3.94. The largest absolute Gasteiger partial charge is 0.415 e. The van der Waals surface area contributed by atoms with Gasteiger partial charge in [-0.05, 0) is 19.2 Å². The summed E-state index contributed by atoms with van der Waals surface area (Å²) in [6.07, 6.45) is -2.88. The molecule has 4 aromatic rings. The van der Waals surface area contributed by atoms with Gasteiger partial charge >= 0.3 is 6.43 Å². The lowest BCUT2D eigenvalue weighted by Gasteiger charge is -2.09. The number of halogens is 3. The van der Waals surface area contributed by atoms with E-state index in [4.69, 9.17) is 4.42 Å². The third-order valence-corrected chi connectivity index (χ3v) is 4.48. The van der Waals surface area contributed by atoms with Gasteiger partial charge in [0.2, 0.25) is 5.89 Å². The second kappa shape index (κ2) is 8.46. The number of hydrogen-bond acceptors (Lipinski definition) is 6. The molecule has 0 bridgehead atoms. The fourth-order valence-electron chi connectivity index (χ4n) is 3.03. The smallest absolute Gasteiger partial charge is 0.314 e. The molecule has 2 aromatic carbocycles. The van der Waals surface area contributed by atoms with E-state index in [0.29, 0.717) is 17.8 Å². The van der Waals surface area contributed by atoms with Gasteiger partial charge < -0.3 is 9.73 Å². The van der Waals surface area contributed by atoms with Gasteiger partial charge in [-0.1, -0.05) is 41.6 Å². The molecule has 0 radical (unpaired) electrons. The zero-order chi connectivity index (χ0) is 21.1. The van der Waals surface area contributed by atoms with Crippen LogP contribution in [0.3, 0.4) is 0 Å². The van der Waals surface area contributed by atoms with E-state index in [1.54, 1.807) is 11.7 Å². The van der Waals surface area contributed by atoms with E-state index in [1.165, 1.54) is 18.2 Å². The summed E-state index contributed by atoms with van der Waals surface area (Å²) < 4.78 is 46.4. The molecule has 0 aliphatic carbocycles. The van der Waals surface area contributed by atoms with Gasteiger partial charge in [0.15, 0.2) is 0 Å². The van der Waals surface area contributed by atoms with E-state index < -0.39 is 18.1 Å². The van der Waals surface area contributed by atoms with Crippen LogP contribution < -0.4 is 5.32 Å². The molecule has 0 aliphatic rings. The number of nitrogens with one attached hydrogen (secondary N) is 1. The van der Waals surface area contributed by atoms with E-state index in [1.807, 2.05) is 30.3 Å². The van der Waals surface area contributed by atoms with Crippen molar-refractivity contribution in [3.8, 4) is 22.7 Å². The van der Waals surface area contributed by atoms with Gasteiger partial charge in [0, 0.05) is 23.2 Å². The van der Waals surface area contributed by atoms with E-state index >= 15 is 0 Å². The highest BCUT2D eigenvalue weighted by Gasteiger charge is 2.19. The number of benzene rings is 2. The van der Waals surface area contributed by atoms with Crippen molar-refractivity contribution in [2.75, 3.05) is 7.05 Å². The van der Waals surface area contributed by atoms with Crippen molar-refractivity contribution in [2.45, 2.75) is 19.5 Å². The molecule has 0 spiro atoms. The summed E-state index contributed by atoms with van der Waals surface area (Å²) in [5.74, 6) is -1.52. The second-order valence-corrected chi connectivity index (χ2v) is 6.49. The molecule has 0 amide bonds. The molecule has 0 saturated carbocycles. The van der Waals surface area contributed by atoms with Crippen LogP contribution in [-0.4, -0.2) is 32.2 Å². The molecule has 0 fully saturated rings. The minimum absolute atomic E-state index is 0.148. The number of hydrogen-bond donors (Lipinski definition) is 1. The molecule has 2 heterocycles. The van der Waals surface area contributed by atoms with Crippen molar-refractivity contribution in [3.05, 3.63) is 71.5 Å². The van der Waals surface area contributed by atoms with Crippen molar-refractivity contribution < 1.29 is 17.6 Å². The maximum absolute atomic E-state index is 14.7.